The number of nitrogens with zero attached hydrogens (tertiary/aromatic N) is 2. The summed E-state index contributed by atoms with van der Waals surface area (Å²) in [6, 6.07) is 17.1. The van der Waals surface area contributed by atoms with Crippen LogP contribution in [-0.2, 0) is 14.3 Å². The van der Waals surface area contributed by atoms with Crippen molar-refractivity contribution in [3.63, 3.8) is 0 Å². The van der Waals surface area contributed by atoms with Gasteiger partial charge in [0, 0.05) is 12.2 Å². The van der Waals surface area contributed by atoms with Crippen molar-refractivity contribution in [1.82, 2.24) is 4.90 Å². The highest BCUT2D eigenvalue weighted by Gasteiger charge is 2.41. The summed E-state index contributed by atoms with van der Waals surface area (Å²) in [7, 11) is 0. The highest BCUT2D eigenvalue weighted by Crippen LogP contribution is 2.34. The zero-order valence-electron chi connectivity index (χ0n) is 20.2. The monoisotopic (exact) mass is 450 g/mol. The van der Waals surface area contributed by atoms with Crippen LogP contribution in [0.2, 0.25) is 0 Å². The predicted octanol–water partition coefficient (Wildman–Crippen LogP) is 4.75. The van der Waals surface area contributed by atoms with Crippen LogP contribution in [-0.4, -0.2) is 49.1 Å². The number of imide groups is 1. The van der Waals surface area contributed by atoms with E-state index in [2.05, 4.69) is 13.8 Å². The van der Waals surface area contributed by atoms with Crippen LogP contribution in [0.1, 0.15) is 40.2 Å². The maximum atomic E-state index is 13.5. The van der Waals surface area contributed by atoms with Gasteiger partial charge in [-0.3, -0.25) is 14.5 Å². The molecule has 0 saturated carbocycles. The first-order chi connectivity index (χ1) is 15.8. The van der Waals surface area contributed by atoms with E-state index in [0.29, 0.717) is 42.5 Å². The summed E-state index contributed by atoms with van der Waals surface area (Å²) in [6.07, 6.45) is 0.0274. The molecule has 0 fully saturated rings. The molecule has 0 aliphatic carbocycles. The summed E-state index contributed by atoms with van der Waals surface area (Å²) in [5, 5.41) is 0. The maximum absolute atomic E-state index is 13.5. The normalized spacial score (nSPS) is 14.1. The molecule has 1 aliphatic rings. The van der Waals surface area contributed by atoms with Crippen LogP contribution in [0.4, 0.5) is 5.69 Å². The molecule has 0 bridgehead atoms. The number of ether oxygens (including phenoxy) is 2. The van der Waals surface area contributed by atoms with Crippen molar-refractivity contribution in [2.24, 2.45) is 5.92 Å². The van der Waals surface area contributed by atoms with E-state index in [1.807, 2.05) is 80.3 Å². The molecule has 0 atom stereocenters. The Hall–Kier alpha value is -3.12. The minimum Gasteiger partial charge on any atom is -0.493 e. The third kappa shape index (κ3) is 5.82. The highest BCUT2D eigenvalue weighted by molar-refractivity contribution is 6.36. The molecule has 0 N–H and O–H groups in total. The summed E-state index contributed by atoms with van der Waals surface area (Å²) in [6.45, 7) is 11.7. The number of rotatable bonds is 11. The van der Waals surface area contributed by atoms with Gasteiger partial charge in [0.25, 0.3) is 11.8 Å². The van der Waals surface area contributed by atoms with Gasteiger partial charge in [-0.15, -0.1) is 0 Å². The molecule has 6 nitrogen and oxygen atoms in total. The van der Waals surface area contributed by atoms with Gasteiger partial charge < -0.3 is 14.4 Å². The maximum Gasteiger partial charge on any atom is 0.278 e. The Kier molecular flexibility index (Phi) is 8.28. The predicted molar refractivity (Wildman–Crippen MR) is 131 cm³/mol. The van der Waals surface area contributed by atoms with Crippen LogP contribution in [0.25, 0.3) is 5.57 Å². The van der Waals surface area contributed by atoms with E-state index in [4.69, 9.17) is 9.47 Å². The second kappa shape index (κ2) is 11.1. The second-order valence-electron chi connectivity index (χ2n) is 8.71. The smallest absolute Gasteiger partial charge is 0.278 e. The fourth-order valence-electron chi connectivity index (χ4n) is 3.72. The van der Waals surface area contributed by atoms with Crippen molar-refractivity contribution in [2.45, 2.75) is 40.7 Å². The van der Waals surface area contributed by atoms with Crippen molar-refractivity contribution in [2.75, 3.05) is 31.2 Å². The summed E-state index contributed by atoms with van der Waals surface area (Å²) in [5.41, 5.74) is 2.37. The fraction of sp³-hybridized carbons (Fsp3) is 0.407. The topological polar surface area (TPSA) is 59.1 Å². The molecule has 1 heterocycles. The molecule has 176 valence electrons. The molecule has 6 heteroatoms. The van der Waals surface area contributed by atoms with Gasteiger partial charge in [-0.05, 0) is 56.5 Å². The van der Waals surface area contributed by atoms with Crippen LogP contribution in [0.15, 0.2) is 60.3 Å². The molecule has 3 rings (SSSR count). The van der Waals surface area contributed by atoms with E-state index < -0.39 is 0 Å². The largest absolute Gasteiger partial charge is 0.493 e. The van der Waals surface area contributed by atoms with Crippen molar-refractivity contribution in [3.8, 4) is 5.75 Å². The summed E-state index contributed by atoms with van der Waals surface area (Å²) in [5.74, 6) is 0.559. The molecule has 2 aromatic carbocycles. The van der Waals surface area contributed by atoms with E-state index in [1.165, 1.54) is 4.90 Å². The first-order valence-corrected chi connectivity index (χ1v) is 11.6. The number of carbonyl (C=O) groups is 2. The third-order valence-electron chi connectivity index (χ3n) is 5.29. The summed E-state index contributed by atoms with van der Waals surface area (Å²) >= 11 is 0. The van der Waals surface area contributed by atoms with Crippen LogP contribution >= 0.6 is 0 Å². The fourth-order valence-corrected chi connectivity index (χ4v) is 3.72. The van der Waals surface area contributed by atoms with Crippen molar-refractivity contribution in [1.29, 1.82) is 0 Å². The lowest BCUT2D eigenvalue weighted by Crippen LogP contribution is -2.37. The average Bonchev–Trinajstić information content (AvgIpc) is 3.04. The molecule has 2 aromatic rings. The first kappa shape index (κ1) is 24.5. The minimum absolute atomic E-state index is 0.0274. The molecule has 33 heavy (non-hydrogen) atoms. The van der Waals surface area contributed by atoms with E-state index >= 15 is 0 Å². The van der Waals surface area contributed by atoms with Gasteiger partial charge in [0.2, 0.25) is 0 Å². The Labute approximate surface area is 196 Å². The third-order valence-corrected chi connectivity index (χ3v) is 5.29. The first-order valence-electron chi connectivity index (χ1n) is 11.6. The number of likely N-dealkylation sites (N-methyl/N-ethyl adjacent to an activating group) is 1. The van der Waals surface area contributed by atoms with E-state index in [-0.39, 0.29) is 24.5 Å². The number of hydrogen-bond donors (Lipinski definition) is 0. The lowest BCUT2D eigenvalue weighted by Gasteiger charge is -2.25. The number of carbonyl (C=O) groups excluding carboxylic acids is 2. The Morgan fingerprint density at radius 1 is 0.909 bits per heavy atom. The molecular weight excluding hydrogens is 416 g/mol. The van der Waals surface area contributed by atoms with Crippen molar-refractivity contribution < 1.29 is 19.1 Å². The molecule has 1 aliphatic heterocycles. The van der Waals surface area contributed by atoms with Crippen LogP contribution in [0.3, 0.4) is 0 Å². The molecular formula is C27H34N2O4. The van der Waals surface area contributed by atoms with Crippen LogP contribution in [0, 0.1) is 5.92 Å². The summed E-state index contributed by atoms with van der Waals surface area (Å²) < 4.78 is 11.4. The number of amides is 2. The molecule has 0 spiro atoms. The Morgan fingerprint density at radius 3 is 2.15 bits per heavy atom. The molecule has 2 amide bonds. The van der Waals surface area contributed by atoms with Gasteiger partial charge in [0.15, 0.2) is 0 Å². The quantitative estimate of drug-likeness (QED) is 0.462. The SMILES string of the molecule is CCN(C1=C(c2ccc(OCC(C)C)cc2)C(=O)N(CCOC(C)C)C1=O)c1ccccc1. The van der Waals surface area contributed by atoms with Gasteiger partial charge >= 0.3 is 0 Å². The number of hydrogen-bond acceptors (Lipinski definition) is 5. The van der Waals surface area contributed by atoms with Gasteiger partial charge in [0.1, 0.15) is 11.4 Å². The van der Waals surface area contributed by atoms with Gasteiger partial charge in [0.05, 0.1) is 31.4 Å². The lowest BCUT2D eigenvalue weighted by molar-refractivity contribution is -0.138. The Bertz CT molecular complexity index is 981. The van der Waals surface area contributed by atoms with Crippen LogP contribution < -0.4 is 9.64 Å². The van der Waals surface area contributed by atoms with Gasteiger partial charge in [-0.2, -0.15) is 0 Å². The lowest BCUT2D eigenvalue weighted by atomic mass is 10.0. The molecule has 0 radical (unpaired) electrons. The van der Waals surface area contributed by atoms with E-state index in [1.54, 1.807) is 0 Å². The highest BCUT2D eigenvalue weighted by atomic mass is 16.5. The average molecular weight is 451 g/mol. The zero-order valence-corrected chi connectivity index (χ0v) is 20.2. The number of anilines is 1. The number of para-hydroxylation sites is 1. The summed E-state index contributed by atoms with van der Waals surface area (Å²) in [4.78, 5) is 30.2. The molecule has 0 aromatic heterocycles. The molecule has 0 unspecified atom stereocenters. The standard InChI is InChI=1S/C27H34N2O4/c1-6-28(22-10-8-7-9-11-22)25-24(21-12-14-23(15-13-21)33-18-19(2)3)26(30)29(27(25)31)16-17-32-20(4)5/h7-15,19-20H,6,16-18H2,1-5H3. The van der Waals surface area contributed by atoms with E-state index in [0.717, 1.165) is 11.4 Å². The second-order valence-corrected chi connectivity index (χ2v) is 8.71. The zero-order chi connectivity index (χ0) is 24.0. The Morgan fingerprint density at radius 2 is 1.58 bits per heavy atom. The number of benzene rings is 2. The van der Waals surface area contributed by atoms with Crippen molar-refractivity contribution in [3.05, 3.63) is 65.9 Å². The minimum atomic E-state index is -0.299. The van der Waals surface area contributed by atoms with Crippen LogP contribution in [0.5, 0.6) is 5.75 Å². The van der Waals surface area contributed by atoms with Gasteiger partial charge in [-0.25, -0.2) is 0 Å². The van der Waals surface area contributed by atoms with E-state index in [9.17, 15) is 9.59 Å². The Balaban J connectivity index is 1.99. The van der Waals surface area contributed by atoms with Crippen molar-refractivity contribution >= 4 is 23.1 Å². The molecule has 0 saturated heterocycles. The van der Waals surface area contributed by atoms with Gasteiger partial charge in [-0.1, -0.05) is 44.2 Å².